The number of halogens is 2. The van der Waals surface area contributed by atoms with Crippen LogP contribution in [0.15, 0.2) is 84.0 Å². The van der Waals surface area contributed by atoms with Crippen molar-refractivity contribution in [2.24, 2.45) is 5.10 Å². The lowest BCUT2D eigenvalue weighted by molar-refractivity contribution is -0.127. The van der Waals surface area contributed by atoms with E-state index in [-0.39, 0.29) is 10.8 Å². The maximum absolute atomic E-state index is 12.9. The van der Waals surface area contributed by atoms with Gasteiger partial charge in [-0.15, -0.1) is 0 Å². The molecule has 0 bridgehead atoms. The number of hydrogen-bond acceptors (Lipinski definition) is 6. The Kier molecular flexibility index (Phi) is 8.84. The van der Waals surface area contributed by atoms with Crippen LogP contribution in [-0.4, -0.2) is 30.8 Å². The summed E-state index contributed by atoms with van der Waals surface area (Å²) in [5.41, 5.74) is 3.35. The van der Waals surface area contributed by atoms with Crippen molar-refractivity contribution in [3.63, 3.8) is 0 Å². The number of carbonyl (C=O) groups excluding carboxylic acids is 2. The van der Waals surface area contributed by atoms with E-state index in [2.05, 4.69) is 10.5 Å². The normalized spacial score (nSPS) is 11.8. The molecule has 1 unspecified atom stereocenters. The monoisotopic (exact) mass is 550 g/mol. The fraction of sp³-hybridized carbons (Fsp3) is 0.138. The van der Waals surface area contributed by atoms with Crippen LogP contribution in [0.5, 0.6) is 17.2 Å². The number of amides is 1. The Morgan fingerprint density at radius 1 is 0.974 bits per heavy atom. The molecule has 4 aromatic carbocycles. The largest absolute Gasteiger partial charge is 0.494 e. The molecule has 0 spiro atoms. The average molecular weight is 551 g/mol. The van der Waals surface area contributed by atoms with Crippen molar-refractivity contribution >= 4 is 52.1 Å². The molecule has 194 valence electrons. The standard InChI is InChI=1S/C29H24Cl2N2O5/c1-3-36-22-12-8-20(9-13-22)29(35)38-26-14-10-19-6-4-5-7-23(19)24(26)17-32-33-28(34)18(2)37-27-15-11-21(30)16-25(27)31/h4-18H,3H2,1-2H3,(H,33,34)/b32-17+. The number of nitrogens with zero attached hydrogens (tertiary/aromatic N) is 1. The zero-order valence-corrected chi connectivity index (χ0v) is 22.1. The van der Waals surface area contributed by atoms with Crippen molar-refractivity contribution in [3.8, 4) is 17.2 Å². The number of hydrazone groups is 1. The first-order valence-electron chi connectivity index (χ1n) is 11.8. The van der Waals surface area contributed by atoms with Crippen molar-refractivity contribution in [2.75, 3.05) is 6.61 Å². The lowest BCUT2D eigenvalue weighted by atomic mass is 10.0. The van der Waals surface area contributed by atoms with Crippen molar-refractivity contribution in [1.82, 2.24) is 5.43 Å². The highest BCUT2D eigenvalue weighted by Gasteiger charge is 2.17. The van der Waals surface area contributed by atoms with Gasteiger partial charge < -0.3 is 14.2 Å². The van der Waals surface area contributed by atoms with Crippen molar-refractivity contribution in [1.29, 1.82) is 0 Å². The molecule has 0 saturated carbocycles. The topological polar surface area (TPSA) is 86.2 Å². The van der Waals surface area contributed by atoms with Gasteiger partial charge in [0.1, 0.15) is 17.2 Å². The summed E-state index contributed by atoms with van der Waals surface area (Å²) >= 11 is 12.0. The molecule has 38 heavy (non-hydrogen) atoms. The van der Waals surface area contributed by atoms with Crippen LogP contribution >= 0.6 is 23.2 Å². The molecule has 1 amide bonds. The Morgan fingerprint density at radius 2 is 1.71 bits per heavy atom. The van der Waals surface area contributed by atoms with Gasteiger partial charge in [0.15, 0.2) is 6.10 Å². The van der Waals surface area contributed by atoms with Crippen molar-refractivity contribution in [3.05, 3.63) is 100 Å². The van der Waals surface area contributed by atoms with Gasteiger partial charge in [0.25, 0.3) is 5.91 Å². The van der Waals surface area contributed by atoms with E-state index in [0.29, 0.717) is 34.3 Å². The lowest BCUT2D eigenvalue weighted by Crippen LogP contribution is -2.33. The third-order valence-electron chi connectivity index (χ3n) is 5.47. The van der Waals surface area contributed by atoms with Crippen LogP contribution < -0.4 is 19.6 Å². The summed E-state index contributed by atoms with van der Waals surface area (Å²) in [5, 5.41) is 6.54. The highest BCUT2D eigenvalue weighted by atomic mass is 35.5. The first-order valence-corrected chi connectivity index (χ1v) is 12.5. The first-order chi connectivity index (χ1) is 18.4. The predicted octanol–water partition coefficient (Wildman–Crippen LogP) is 6.68. The molecule has 1 N–H and O–H groups in total. The molecule has 0 heterocycles. The predicted molar refractivity (Wildman–Crippen MR) is 149 cm³/mol. The summed E-state index contributed by atoms with van der Waals surface area (Å²) in [6.07, 6.45) is 0.540. The minimum Gasteiger partial charge on any atom is -0.494 e. The van der Waals surface area contributed by atoms with Crippen LogP contribution in [0.2, 0.25) is 10.0 Å². The van der Waals surface area contributed by atoms with E-state index in [0.717, 1.165) is 10.8 Å². The van der Waals surface area contributed by atoms with Crippen LogP contribution in [0.3, 0.4) is 0 Å². The van der Waals surface area contributed by atoms with Gasteiger partial charge in [-0.25, -0.2) is 10.2 Å². The number of hydrogen-bond donors (Lipinski definition) is 1. The van der Waals surface area contributed by atoms with Gasteiger partial charge in [0.2, 0.25) is 0 Å². The van der Waals surface area contributed by atoms with E-state index in [1.54, 1.807) is 49.4 Å². The van der Waals surface area contributed by atoms with E-state index < -0.39 is 18.0 Å². The molecule has 0 fully saturated rings. The molecule has 0 saturated heterocycles. The van der Waals surface area contributed by atoms with Gasteiger partial charge in [-0.3, -0.25) is 4.79 Å². The summed E-state index contributed by atoms with van der Waals surface area (Å²) in [7, 11) is 0. The maximum atomic E-state index is 12.9. The van der Waals surface area contributed by atoms with Crippen LogP contribution in [0, 0.1) is 0 Å². The molecule has 9 heteroatoms. The molecule has 7 nitrogen and oxygen atoms in total. The molecule has 0 aliphatic rings. The number of nitrogens with one attached hydrogen (secondary N) is 1. The van der Waals surface area contributed by atoms with Crippen LogP contribution in [0.25, 0.3) is 10.8 Å². The van der Waals surface area contributed by atoms with Gasteiger partial charge in [-0.1, -0.05) is 53.5 Å². The van der Waals surface area contributed by atoms with Gasteiger partial charge in [-0.05, 0) is 73.2 Å². The molecule has 4 rings (SSSR count). The smallest absolute Gasteiger partial charge is 0.343 e. The Morgan fingerprint density at radius 3 is 2.45 bits per heavy atom. The Hall–Kier alpha value is -4.07. The van der Waals surface area contributed by atoms with E-state index in [4.69, 9.17) is 37.4 Å². The summed E-state index contributed by atoms with van der Waals surface area (Å²) in [4.78, 5) is 25.4. The molecule has 1 atom stereocenters. The fourth-order valence-corrected chi connectivity index (χ4v) is 4.03. The molecule has 4 aromatic rings. The Bertz CT molecular complexity index is 1490. The fourth-order valence-electron chi connectivity index (χ4n) is 3.58. The Labute approximate surface area is 229 Å². The van der Waals surface area contributed by atoms with Crippen LogP contribution in [0.4, 0.5) is 0 Å². The zero-order valence-electron chi connectivity index (χ0n) is 20.6. The van der Waals surface area contributed by atoms with E-state index >= 15 is 0 Å². The van der Waals surface area contributed by atoms with Crippen molar-refractivity contribution < 1.29 is 23.8 Å². The number of benzene rings is 4. The molecule has 0 aliphatic carbocycles. The zero-order chi connectivity index (χ0) is 27.1. The minimum atomic E-state index is -0.893. The quantitative estimate of drug-likeness (QED) is 0.109. The summed E-state index contributed by atoms with van der Waals surface area (Å²) in [6.45, 7) is 3.98. The SMILES string of the molecule is CCOc1ccc(C(=O)Oc2ccc3ccccc3c2/C=N/NC(=O)C(C)Oc2ccc(Cl)cc2Cl)cc1. The van der Waals surface area contributed by atoms with Crippen LogP contribution in [0.1, 0.15) is 29.8 Å². The van der Waals surface area contributed by atoms with Gasteiger partial charge in [0.05, 0.1) is 23.4 Å². The highest BCUT2D eigenvalue weighted by Crippen LogP contribution is 2.29. The number of esters is 1. The molecular weight excluding hydrogens is 527 g/mol. The number of carbonyl (C=O) groups is 2. The van der Waals surface area contributed by atoms with Crippen molar-refractivity contribution in [2.45, 2.75) is 20.0 Å². The lowest BCUT2D eigenvalue weighted by Gasteiger charge is -2.14. The average Bonchev–Trinajstić information content (AvgIpc) is 2.91. The Balaban J connectivity index is 1.51. The molecule has 0 aromatic heterocycles. The third kappa shape index (κ3) is 6.62. The molecule has 0 aliphatic heterocycles. The summed E-state index contributed by atoms with van der Waals surface area (Å²) in [5.74, 6) is 0.234. The maximum Gasteiger partial charge on any atom is 0.343 e. The van der Waals surface area contributed by atoms with Crippen LogP contribution in [-0.2, 0) is 4.79 Å². The molecular formula is C29H24Cl2N2O5. The highest BCUT2D eigenvalue weighted by molar-refractivity contribution is 6.35. The second-order valence-corrected chi connectivity index (χ2v) is 8.96. The summed E-state index contributed by atoms with van der Waals surface area (Å²) in [6, 6.07) is 22.5. The summed E-state index contributed by atoms with van der Waals surface area (Å²) < 4.78 is 16.8. The van der Waals surface area contributed by atoms with E-state index in [1.807, 2.05) is 37.3 Å². The number of fused-ring (bicyclic) bond motifs is 1. The first kappa shape index (κ1) is 27.0. The van der Waals surface area contributed by atoms with Gasteiger partial charge >= 0.3 is 5.97 Å². The second-order valence-electron chi connectivity index (χ2n) is 8.11. The van der Waals surface area contributed by atoms with Gasteiger partial charge in [0, 0.05) is 10.6 Å². The van der Waals surface area contributed by atoms with Gasteiger partial charge in [-0.2, -0.15) is 5.10 Å². The van der Waals surface area contributed by atoms with E-state index in [1.165, 1.54) is 12.3 Å². The molecule has 0 radical (unpaired) electrons. The second kappa shape index (κ2) is 12.4. The minimum absolute atomic E-state index is 0.287. The number of ether oxygens (including phenoxy) is 3. The third-order valence-corrected chi connectivity index (χ3v) is 6.00. The number of rotatable bonds is 9. The van der Waals surface area contributed by atoms with E-state index in [9.17, 15) is 9.59 Å².